The van der Waals surface area contributed by atoms with E-state index in [0.717, 1.165) is 0 Å². The van der Waals surface area contributed by atoms with Crippen LogP contribution in [0.25, 0.3) is 0 Å². The van der Waals surface area contributed by atoms with E-state index in [-0.39, 0.29) is 18.8 Å². The Morgan fingerprint density at radius 1 is 1.38 bits per heavy atom. The predicted molar refractivity (Wildman–Crippen MR) is 56.6 cm³/mol. The second-order valence-electron chi connectivity index (χ2n) is 2.38. The van der Waals surface area contributed by atoms with E-state index < -0.39 is 5.91 Å². The molecule has 5 heteroatoms. The maximum atomic E-state index is 10.5. The van der Waals surface area contributed by atoms with Gasteiger partial charge >= 0.3 is 0 Å². The van der Waals surface area contributed by atoms with Gasteiger partial charge in [0.25, 0.3) is 0 Å². The Morgan fingerprint density at radius 3 is 2.46 bits per heavy atom. The summed E-state index contributed by atoms with van der Waals surface area (Å²) in [7, 11) is 0. The minimum atomic E-state index is -0.403. The Balaban J connectivity index is 0.00000144. The zero-order valence-electron chi connectivity index (χ0n) is 6.59. The lowest BCUT2D eigenvalue weighted by Crippen LogP contribution is -2.13. The van der Waals surface area contributed by atoms with Crippen LogP contribution in [-0.2, 0) is 11.2 Å². The highest BCUT2D eigenvalue weighted by Gasteiger charge is 2.03. The number of amides is 1. The van der Waals surface area contributed by atoms with Crippen LogP contribution < -0.4 is 5.73 Å². The van der Waals surface area contributed by atoms with E-state index in [1.165, 1.54) is 0 Å². The predicted octanol–water partition coefficient (Wildman–Crippen LogP) is 2.44. The molecule has 2 nitrogen and oxygen atoms in total. The number of carbonyl (C=O) groups excluding carboxylic acids is 1. The van der Waals surface area contributed by atoms with Crippen LogP contribution in [0.5, 0.6) is 0 Å². The lowest BCUT2D eigenvalue weighted by Gasteiger charge is -2.00. The quantitative estimate of drug-likeness (QED) is 0.848. The van der Waals surface area contributed by atoms with Crippen molar-refractivity contribution in [3.8, 4) is 0 Å². The molecule has 1 rings (SSSR count). The van der Waals surface area contributed by atoms with Crippen molar-refractivity contribution in [2.45, 2.75) is 6.42 Å². The van der Waals surface area contributed by atoms with Crippen LogP contribution in [0.4, 0.5) is 0 Å². The molecule has 0 saturated heterocycles. The smallest absolute Gasteiger partial charge is 0.221 e. The van der Waals surface area contributed by atoms with Gasteiger partial charge in [-0.25, -0.2) is 0 Å². The van der Waals surface area contributed by atoms with Crippen LogP contribution in [0, 0.1) is 0 Å². The Morgan fingerprint density at radius 2 is 2.00 bits per heavy atom. The van der Waals surface area contributed by atoms with Gasteiger partial charge in [-0.15, -0.1) is 12.4 Å². The maximum Gasteiger partial charge on any atom is 0.221 e. The fourth-order valence-corrected chi connectivity index (χ4v) is 1.33. The standard InChI is InChI=1S/C8H7Cl2NO.ClH/c9-6-2-1-5(3-8(11)12)7(10)4-6;/h1-2,4H,3H2,(H2,11,12);1H. The van der Waals surface area contributed by atoms with E-state index in [9.17, 15) is 4.79 Å². The summed E-state index contributed by atoms with van der Waals surface area (Å²) < 4.78 is 0. The third-order valence-electron chi connectivity index (χ3n) is 1.38. The van der Waals surface area contributed by atoms with Gasteiger partial charge in [0, 0.05) is 10.0 Å². The van der Waals surface area contributed by atoms with E-state index in [4.69, 9.17) is 28.9 Å². The lowest BCUT2D eigenvalue weighted by molar-refractivity contribution is -0.117. The number of halogens is 3. The van der Waals surface area contributed by atoms with Crippen molar-refractivity contribution in [3.63, 3.8) is 0 Å². The van der Waals surface area contributed by atoms with Crippen molar-refractivity contribution in [1.82, 2.24) is 0 Å². The molecule has 0 spiro atoms. The third-order valence-corrected chi connectivity index (χ3v) is 1.97. The van der Waals surface area contributed by atoms with Crippen molar-refractivity contribution < 1.29 is 4.79 Å². The molecular formula is C8H8Cl3NO. The van der Waals surface area contributed by atoms with Crippen LogP contribution >= 0.6 is 35.6 Å². The molecule has 0 unspecified atom stereocenters. The fraction of sp³-hybridized carbons (Fsp3) is 0.125. The second kappa shape index (κ2) is 5.32. The molecule has 0 aliphatic carbocycles. The third kappa shape index (κ3) is 3.85. The average molecular weight is 241 g/mol. The molecule has 0 atom stereocenters. The van der Waals surface area contributed by atoms with Crippen molar-refractivity contribution >= 4 is 41.5 Å². The van der Waals surface area contributed by atoms with Crippen molar-refractivity contribution in [3.05, 3.63) is 33.8 Å². The summed E-state index contributed by atoms with van der Waals surface area (Å²) in [5.41, 5.74) is 5.70. The number of benzene rings is 1. The first kappa shape index (κ1) is 12.6. The molecule has 1 aromatic carbocycles. The zero-order valence-corrected chi connectivity index (χ0v) is 8.92. The number of carbonyl (C=O) groups is 1. The molecule has 1 amide bonds. The summed E-state index contributed by atoms with van der Waals surface area (Å²) >= 11 is 11.4. The summed E-state index contributed by atoms with van der Waals surface area (Å²) in [4.78, 5) is 10.5. The van der Waals surface area contributed by atoms with Gasteiger partial charge in [-0.1, -0.05) is 29.3 Å². The first-order valence-corrected chi connectivity index (χ1v) is 4.07. The molecule has 0 aliphatic heterocycles. The fourth-order valence-electron chi connectivity index (χ4n) is 0.853. The van der Waals surface area contributed by atoms with E-state index >= 15 is 0 Å². The average Bonchev–Trinajstić information content (AvgIpc) is 1.94. The number of nitrogens with two attached hydrogens (primary N) is 1. The highest BCUT2D eigenvalue weighted by Crippen LogP contribution is 2.20. The summed E-state index contributed by atoms with van der Waals surface area (Å²) in [6, 6.07) is 4.95. The summed E-state index contributed by atoms with van der Waals surface area (Å²) in [6.45, 7) is 0. The molecule has 0 aliphatic rings. The van der Waals surface area contributed by atoms with Gasteiger partial charge in [0.05, 0.1) is 6.42 Å². The number of hydrogen-bond donors (Lipinski definition) is 1. The molecule has 0 heterocycles. The SMILES string of the molecule is Cl.NC(=O)Cc1ccc(Cl)cc1Cl. The summed E-state index contributed by atoms with van der Waals surface area (Å²) in [5.74, 6) is -0.403. The van der Waals surface area contributed by atoms with Gasteiger partial charge in [0.15, 0.2) is 0 Å². The zero-order chi connectivity index (χ0) is 9.14. The van der Waals surface area contributed by atoms with E-state index in [1.54, 1.807) is 18.2 Å². The molecule has 2 N–H and O–H groups in total. The minimum Gasteiger partial charge on any atom is -0.369 e. The largest absolute Gasteiger partial charge is 0.369 e. The van der Waals surface area contributed by atoms with Gasteiger partial charge in [0.2, 0.25) is 5.91 Å². The second-order valence-corrected chi connectivity index (χ2v) is 3.22. The summed E-state index contributed by atoms with van der Waals surface area (Å²) in [6.07, 6.45) is 0.149. The molecule has 0 aromatic heterocycles. The van der Waals surface area contributed by atoms with Crippen molar-refractivity contribution in [2.24, 2.45) is 5.73 Å². The molecule has 1 aromatic rings. The van der Waals surface area contributed by atoms with Crippen LogP contribution in [0.15, 0.2) is 18.2 Å². The van der Waals surface area contributed by atoms with E-state index in [1.807, 2.05) is 0 Å². The van der Waals surface area contributed by atoms with Crippen LogP contribution in [-0.4, -0.2) is 5.91 Å². The Hall–Kier alpha value is -0.440. The maximum absolute atomic E-state index is 10.5. The Bertz CT molecular complexity index is 314. The van der Waals surface area contributed by atoms with E-state index in [2.05, 4.69) is 0 Å². The molecule has 0 fully saturated rings. The first-order chi connectivity index (χ1) is 5.59. The number of primary amides is 1. The molecule has 0 bridgehead atoms. The molecule has 0 radical (unpaired) electrons. The monoisotopic (exact) mass is 239 g/mol. The molecule has 13 heavy (non-hydrogen) atoms. The highest BCUT2D eigenvalue weighted by atomic mass is 35.5. The van der Waals surface area contributed by atoms with Gasteiger partial charge < -0.3 is 5.73 Å². The van der Waals surface area contributed by atoms with E-state index in [0.29, 0.717) is 15.6 Å². The van der Waals surface area contributed by atoms with Crippen LogP contribution in [0.2, 0.25) is 10.0 Å². The van der Waals surface area contributed by atoms with Crippen molar-refractivity contribution in [1.29, 1.82) is 0 Å². The lowest BCUT2D eigenvalue weighted by atomic mass is 10.1. The van der Waals surface area contributed by atoms with Crippen molar-refractivity contribution in [2.75, 3.05) is 0 Å². The Labute approximate surface area is 92.4 Å². The minimum absolute atomic E-state index is 0. The molecule has 72 valence electrons. The normalized spacial score (nSPS) is 9.08. The highest BCUT2D eigenvalue weighted by molar-refractivity contribution is 6.35. The van der Waals surface area contributed by atoms with Gasteiger partial charge in [-0.05, 0) is 17.7 Å². The van der Waals surface area contributed by atoms with Crippen LogP contribution in [0.3, 0.4) is 0 Å². The van der Waals surface area contributed by atoms with Gasteiger partial charge in [-0.2, -0.15) is 0 Å². The number of rotatable bonds is 2. The molecular weight excluding hydrogens is 232 g/mol. The first-order valence-electron chi connectivity index (χ1n) is 3.32. The topological polar surface area (TPSA) is 43.1 Å². The Kier molecular flexibility index (Phi) is 5.14. The van der Waals surface area contributed by atoms with Crippen LogP contribution in [0.1, 0.15) is 5.56 Å². The summed E-state index contributed by atoms with van der Waals surface area (Å²) in [5, 5.41) is 1.02. The number of hydrogen-bond acceptors (Lipinski definition) is 1. The van der Waals surface area contributed by atoms with Gasteiger partial charge in [-0.3, -0.25) is 4.79 Å². The van der Waals surface area contributed by atoms with Gasteiger partial charge in [0.1, 0.15) is 0 Å². The molecule has 0 saturated carbocycles.